The van der Waals surface area contributed by atoms with E-state index in [0.717, 1.165) is 11.0 Å². The minimum Gasteiger partial charge on any atom is -0.438 e. The molecule has 0 saturated carbocycles. The number of aliphatic imine (C=N–C) groups is 1. The predicted octanol–water partition coefficient (Wildman–Crippen LogP) is 3.17. The van der Waals surface area contributed by atoms with Crippen molar-refractivity contribution in [1.29, 1.82) is 0 Å². The molecule has 0 spiro atoms. The third-order valence-electron chi connectivity index (χ3n) is 1.57. The number of nitrogens with zero attached hydrogens (tertiary/aromatic N) is 1. The van der Waals surface area contributed by atoms with Gasteiger partial charge < -0.3 is 4.42 Å². The molecule has 3 heteroatoms. The number of benzene rings is 1. The quantitative estimate of drug-likeness (QED) is 0.491. The molecule has 0 amide bonds. The van der Waals surface area contributed by atoms with Gasteiger partial charge in [0.15, 0.2) is 0 Å². The Balaban J connectivity index is 2.69. The number of isothiocyanates is 1. The van der Waals surface area contributed by atoms with Crippen LogP contribution in [0.1, 0.15) is 0 Å². The summed E-state index contributed by atoms with van der Waals surface area (Å²) in [4.78, 5) is 3.74. The lowest BCUT2D eigenvalue weighted by atomic mass is 10.3. The fourth-order valence-electron chi connectivity index (χ4n) is 1.07. The number of rotatable bonds is 1. The first-order valence-electron chi connectivity index (χ1n) is 3.46. The molecule has 0 saturated heterocycles. The molecule has 1 aromatic carbocycles. The maximum atomic E-state index is 5.31. The standard InChI is InChI=1S/C9H5NOS/c12-6-10-9-5-7-3-1-2-4-8(7)11-9/h1-5H. The molecule has 12 heavy (non-hydrogen) atoms. The van der Waals surface area contributed by atoms with Gasteiger partial charge in [0.1, 0.15) is 5.58 Å². The lowest BCUT2D eigenvalue weighted by Gasteiger charge is -1.81. The molecule has 1 heterocycles. The van der Waals surface area contributed by atoms with E-state index in [9.17, 15) is 0 Å². The van der Waals surface area contributed by atoms with Crippen molar-refractivity contribution >= 4 is 34.2 Å². The first-order valence-corrected chi connectivity index (χ1v) is 3.87. The highest BCUT2D eigenvalue weighted by Crippen LogP contribution is 2.23. The molecule has 0 aliphatic carbocycles. The lowest BCUT2D eigenvalue weighted by Crippen LogP contribution is -1.57. The third-order valence-corrected chi connectivity index (χ3v) is 1.66. The minimum absolute atomic E-state index is 0.506. The minimum atomic E-state index is 0.506. The highest BCUT2D eigenvalue weighted by atomic mass is 32.1. The molecule has 2 aromatic rings. The molecule has 0 atom stereocenters. The summed E-state index contributed by atoms with van der Waals surface area (Å²) in [5.41, 5.74) is 0.821. The van der Waals surface area contributed by atoms with Gasteiger partial charge in [0.25, 0.3) is 0 Å². The van der Waals surface area contributed by atoms with Crippen molar-refractivity contribution in [1.82, 2.24) is 0 Å². The molecule has 1 aromatic heterocycles. The Morgan fingerprint density at radius 3 is 2.92 bits per heavy atom. The van der Waals surface area contributed by atoms with E-state index in [1.54, 1.807) is 0 Å². The Labute approximate surface area is 74.5 Å². The maximum Gasteiger partial charge on any atom is 0.228 e. The molecule has 0 radical (unpaired) electrons. The van der Waals surface area contributed by atoms with E-state index < -0.39 is 0 Å². The maximum absolute atomic E-state index is 5.31. The molecule has 0 fully saturated rings. The van der Waals surface area contributed by atoms with Crippen molar-refractivity contribution in [3.8, 4) is 0 Å². The summed E-state index contributed by atoms with van der Waals surface area (Å²) in [7, 11) is 0. The highest BCUT2D eigenvalue weighted by Gasteiger charge is 1.98. The zero-order chi connectivity index (χ0) is 8.39. The Bertz CT molecular complexity index is 421. The Morgan fingerprint density at radius 1 is 1.33 bits per heavy atom. The molecular weight excluding hydrogens is 170 g/mol. The summed E-state index contributed by atoms with van der Waals surface area (Å²) < 4.78 is 5.31. The van der Waals surface area contributed by atoms with Crippen LogP contribution in [-0.4, -0.2) is 5.16 Å². The van der Waals surface area contributed by atoms with E-state index in [0.29, 0.717) is 5.88 Å². The second-order valence-corrected chi connectivity index (χ2v) is 2.51. The van der Waals surface area contributed by atoms with Crippen LogP contribution in [0, 0.1) is 0 Å². The van der Waals surface area contributed by atoms with E-state index in [1.165, 1.54) is 0 Å². The Hall–Kier alpha value is -1.44. The number of furan rings is 1. The molecule has 0 N–H and O–H groups in total. The fourth-order valence-corrected chi connectivity index (χ4v) is 1.16. The number of para-hydroxylation sites is 1. The Morgan fingerprint density at radius 2 is 2.17 bits per heavy atom. The molecule has 58 valence electrons. The zero-order valence-corrected chi connectivity index (χ0v) is 6.97. The second kappa shape index (κ2) is 2.89. The van der Waals surface area contributed by atoms with Crippen molar-refractivity contribution in [3.05, 3.63) is 30.3 Å². The number of hydrogen-bond acceptors (Lipinski definition) is 3. The molecule has 2 rings (SSSR count). The van der Waals surface area contributed by atoms with Gasteiger partial charge >= 0.3 is 0 Å². The van der Waals surface area contributed by atoms with Crippen LogP contribution >= 0.6 is 12.2 Å². The van der Waals surface area contributed by atoms with E-state index in [2.05, 4.69) is 22.4 Å². The number of hydrogen-bond donors (Lipinski definition) is 0. The van der Waals surface area contributed by atoms with Crippen LogP contribution in [0.2, 0.25) is 0 Å². The summed E-state index contributed by atoms with van der Waals surface area (Å²) in [5.74, 6) is 0.506. The van der Waals surface area contributed by atoms with Gasteiger partial charge in [0.2, 0.25) is 5.88 Å². The van der Waals surface area contributed by atoms with Crippen molar-refractivity contribution in [2.75, 3.05) is 0 Å². The predicted molar refractivity (Wildman–Crippen MR) is 50.9 cm³/mol. The summed E-state index contributed by atoms with van der Waals surface area (Å²) in [6, 6.07) is 9.53. The van der Waals surface area contributed by atoms with Crippen molar-refractivity contribution in [2.24, 2.45) is 4.99 Å². The molecular formula is C9H5NOS. The van der Waals surface area contributed by atoms with E-state index in [1.807, 2.05) is 30.3 Å². The van der Waals surface area contributed by atoms with Gasteiger partial charge in [-0.1, -0.05) is 18.2 Å². The van der Waals surface area contributed by atoms with Crippen molar-refractivity contribution in [2.45, 2.75) is 0 Å². The number of fused-ring (bicyclic) bond motifs is 1. The van der Waals surface area contributed by atoms with Gasteiger partial charge in [-0.05, 0) is 18.3 Å². The van der Waals surface area contributed by atoms with E-state index in [-0.39, 0.29) is 0 Å². The Kier molecular flexibility index (Phi) is 1.74. The SMILES string of the molecule is S=C=Nc1cc2ccccc2o1. The van der Waals surface area contributed by atoms with Crippen LogP contribution in [0.4, 0.5) is 5.88 Å². The molecule has 0 aliphatic heterocycles. The normalized spacial score (nSPS) is 9.67. The summed E-state index contributed by atoms with van der Waals surface area (Å²) in [5, 5.41) is 3.29. The largest absolute Gasteiger partial charge is 0.438 e. The smallest absolute Gasteiger partial charge is 0.228 e. The van der Waals surface area contributed by atoms with Crippen molar-refractivity contribution in [3.63, 3.8) is 0 Å². The first kappa shape index (κ1) is 7.22. The highest BCUT2D eigenvalue weighted by molar-refractivity contribution is 7.78. The second-order valence-electron chi connectivity index (χ2n) is 2.33. The van der Waals surface area contributed by atoms with Gasteiger partial charge in [0, 0.05) is 11.5 Å². The average molecular weight is 175 g/mol. The first-order chi connectivity index (χ1) is 5.90. The van der Waals surface area contributed by atoms with Gasteiger partial charge in [0.05, 0.1) is 5.16 Å². The van der Waals surface area contributed by atoms with Crippen LogP contribution in [0.25, 0.3) is 11.0 Å². The molecule has 0 bridgehead atoms. The third kappa shape index (κ3) is 1.16. The number of thiocarbonyl (C=S) groups is 1. The topological polar surface area (TPSA) is 25.5 Å². The molecule has 2 nitrogen and oxygen atoms in total. The lowest BCUT2D eigenvalue weighted by molar-refractivity contribution is 0.626. The summed E-state index contributed by atoms with van der Waals surface area (Å²) in [6.07, 6.45) is 0. The van der Waals surface area contributed by atoms with Crippen LogP contribution in [-0.2, 0) is 0 Å². The zero-order valence-electron chi connectivity index (χ0n) is 6.15. The summed E-state index contributed by atoms with van der Waals surface area (Å²) in [6.45, 7) is 0. The monoisotopic (exact) mass is 175 g/mol. The average Bonchev–Trinajstić information content (AvgIpc) is 2.47. The van der Waals surface area contributed by atoms with E-state index in [4.69, 9.17) is 4.42 Å². The summed E-state index contributed by atoms with van der Waals surface area (Å²) >= 11 is 4.46. The fraction of sp³-hybridized carbons (Fsp3) is 0. The van der Waals surface area contributed by atoms with Gasteiger partial charge in [-0.2, -0.15) is 4.99 Å². The van der Waals surface area contributed by atoms with Crippen molar-refractivity contribution < 1.29 is 4.42 Å². The van der Waals surface area contributed by atoms with Gasteiger partial charge in [-0.25, -0.2) is 0 Å². The van der Waals surface area contributed by atoms with Gasteiger partial charge in [-0.3, -0.25) is 0 Å². The van der Waals surface area contributed by atoms with Crippen LogP contribution in [0.3, 0.4) is 0 Å². The van der Waals surface area contributed by atoms with Crippen LogP contribution in [0.15, 0.2) is 39.7 Å². The molecule has 0 aliphatic rings. The van der Waals surface area contributed by atoms with E-state index >= 15 is 0 Å². The van der Waals surface area contributed by atoms with Gasteiger partial charge in [-0.15, -0.1) is 0 Å². The van der Waals surface area contributed by atoms with Crippen LogP contribution in [0.5, 0.6) is 0 Å². The molecule has 0 unspecified atom stereocenters. The van der Waals surface area contributed by atoms with Crippen LogP contribution < -0.4 is 0 Å².